The molecule has 0 unspecified atom stereocenters. The van der Waals surface area contributed by atoms with Crippen molar-refractivity contribution < 1.29 is 0 Å². The van der Waals surface area contributed by atoms with Crippen molar-refractivity contribution in [2.24, 2.45) is 0 Å². The van der Waals surface area contributed by atoms with E-state index in [-0.39, 0.29) is 0 Å². The fourth-order valence-electron chi connectivity index (χ4n) is 1.67. The van der Waals surface area contributed by atoms with E-state index in [0.29, 0.717) is 17.8 Å². The Morgan fingerprint density at radius 1 is 1.39 bits per heavy atom. The fraction of sp³-hybridized carbons (Fsp3) is 0.143. The summed E-state index contributed by atoms with van der Waals surface area (Å²) < 4.78 is 0. The van der Waals surface area contributed by atoms with Crippen molar-refractivity contribution in [2.75, 3.05) is 11.1 Å². The zero-order chi connectivity index (χ0) is 13.0. The third-order valence-electron chi connectivity index (χ3n) is 2.80. The van der Waals surface area contributed by atoms with E-state index in [4.69, 9.17) is 11.0 Å². The van der Waals surface area contributed by atoms with Crippen LogP contribution in [0.1, 0.15) is 16.7 Å². The van der Waals surface area contributed by atoms with Crippen molar-refractivity contribution in [1.82, 2.24) is 4.98 Å². The summed E-state index contributed by atoms with van der Waals surface area (Å²) in [6.45, 7) is 2.70. The Morgan fingerprint density at radius 2 is 2.22 bits per heavy atom. The quantitative estimate of drug-likeness (QED) is 0.805. The van der Waals surface area contributed by atoms with Gasteiger partial charge in [0.2, 0.25) is 0 Å². The highest BCUT2D eigenvalue weighted by molar-refractivity contribution is 5.68. The minimum Gasteiger partial charge on any atom is -0.397 e. The van der Waals surface area contributed by atoms with E-state index in [1.807, 2.05) is 25.3 Å². The summed E-state index contributed by atoms with van der Waals surface area (Å²) in [5, 5.41) is 12.0. The Kier molecular flexibility index (Phi) is 3.44. The van der Waals surface area contributed by atoms with Gasteiger partial charge >= 0.3 is 0 Å². The number of nitrogens with one attached hydrogen (secondary N) is 1. The highest BCUT2D eigenvalue weighted by Crippen LogP contribution is 2.20. The largest absolute Gasteiger partial charge is 0.397 e. The molecule has 0 aliphatic heterocycles. The van der Waals surface area contributed by atoms with Gasteiger partial charge in [0.05, 0.1) is 23.0 Å². The molecule has 1 aromatic carbocycles. The predicted octanol–water partition coefficient (Wildman–Crippen LogP) is 2.46. The lowest BCUT2D eigenvalue weighted by Crippen LogP contribution is -2.04. The molecule has 18 heavy (non-hydrogen) atoms. The zero-order valence-electron chi connectivity index (χ0n) is 10.1. The molecule has 3 N–H and O–H groups in total. The van der Waals surface area contributed by atoms with Crippen molar-refractivity contribution in [1.29, 1.82) is 5.26 Å². The Balaban J connectivity index is 2.12. The maximum atomic E-state index is 8.76. The van der Waals surface area contributed by atoms with E-state index in [1.165, 1.54) is 5.56 Å². The molecule has 1 aromatic heterocycles. The van der Waals surface area contributed by atoms with Gasteiger partial charge in [-0.2, -0.15) is 5.26 Å². The van der Waals surface area contributed by atoms with Crippen molar-refractivity contribution in [3.63, 3.8) is 0 Å². The molecule has 0 bridgehead atoms. The number of anilines is 2. The molecule has 0 fully saturated rings. The first-order valence-corrected chi connectivity index (χ1v) is 5.63. The van der Waals surface area contributed by atoms with E-state index in [0.717, 1.165) is 11.3 Å². The third-order valence-corrected chi connectivity index (χ3v) is 2.80. The molecule has 0 aliphatic carbocycles. The molecule has 0 aliphatic rings. The maximum Gasteiger partial charge on any atom is 0.0992 e. The lowest BCUT2D eigenvalue weighted by molar-refractivity contribution is 1.08. The monoisotopic (exact) mass is 238 g/mol. The number of nitriles is 1. The molecule has 0 atom stereocenters. The van der Waals surface area contributed by atoms with Gasteiger partial charge in [0.15, 0.2) is 0 Å². The van der Waals surface area contributed by atoms with Gasteiger partial charge < -0.3 is 11.1 Å². The van der Waals surface area contributed by atoms with E-state index in [2.05, 4.69) is 16.4 Å². The first kappa shape index (κ1) is 11.9. The molecular weight excluding hydrogens is 224 g/mol. The molecule has 0 amide bonds. The topological polar surface area (TPSA) is 74.7 Å². The number of pyridine rings is 1. The number of benzene rings is 1. The van der Waals surface area contributed by atoms with E-state index < -0.39 is 0 Å². The van der Waals surface area contributed by atoms with E-state index in [1.54, 1.807) is 18.3 Å². The van der Waals surface area contributed by atoms with E-state index >= 15 is 0 Å². The fourth-order valence-corrected chi connectivity index (χ4v) is 1.67. The van der Waals surface area contributed by atoms with Gasteiger partial charge in [-0.3, -0.25) is 4.98 Å². The number of nitrogens with two attached hydrogens (primary N) is 1. The van der Waals surface area contributed by atoms with Gasteiger partial charge in [0.1, 0.15) is 0 Å². The molecule has 0 spiro atoms. The maximum absolute atomic E-state index is 8.76. The smallest absolute Gasteiger partial charge is 0.0992 e. The molecule has 0 radical (unpaired) electrons. The summed E-state index contributed by atoms with van der Waals surface area (Å²) in [5.41, 5.74) is 10.2. The molecule has 0 saturated carbocycles. The molecule has 90 valence electrons. The van der Waals surface area contributed by atoms with Crippen LogP contribution >= 0.6 is 0 Å². The number of rotatable bonds is 3. The average molecular weight is 238 g/mol. The standard InChI is InChI=1S/C14H14N4/c1-10-4-5-17-8-12(10)9-18-14-3-2-11(7-15)6-13(14)16/h2-6,8,18H,9,16H2,1H3. The van der Waals surface area contributed by atoms with Crippen LogP contribution in [0.2, 0.25) is 0 Å². The molecule has 2 aromatic rings. The second-order valence-electron chi connectivity index (χ2n) is 4.07. The van der Waals surface area contributed by atoms with Gasteiger partial charge in [-0.05, 0) is 42.3 Å². The first-order valence-electron chi connectivity index (χ1n) is 5.63. The van der Waals surface area contributed by atoms with Gasteiger partial charge in [-0.25, -0.2) is 0 Å². The van der Waals surface area contributed by atoms with Crippen LogP contribution < -0.4 is 11.1 Å². The predicted molar refractivity (Wildman–Crippen MR) is 71.9 cm³/mol. The van der Waals surface area contributed by atoms with Crippen LogP contribution in [0.25, 0.3) is 0 Å². The van der Waals surface area contributed by atoms with Crippen LogP contribution in [-0.4, -0.2) is 4.98 Å². The summed E-state index contributed by atoms with van der Waals surface area (Å²) in [5.74, 6) is 0. The van der Waals surface area contributed by atoms with Gasteiger partial charge in [-0.1, -0.05) is 0 Å². The van der Waals surface area contributed by atoms with Crippen LogP contribution in [0.15, 0.2) is 36.7 Å². The van der Waals surface area contributed by atoms with Crippen molar-refractivity contribution in [2.45, 2.75) is 13.5 Å². The van der Waals surface area contributed by atoms with Crippen molar-refractivity contribution in [3.8, 4) is 6.07 Å². The SMILES string of the molecule is Cc1ccncc1CNc1ccc(C#N)cc1N. The minimum absolute atomic E-state index is 0.565. The molecule has 1 heterocycles. The molecule has 4 nitrogen and oxygen atoms in total. The van der Waals surface area contributed by atoms with Gasteiger partial charge in [-0.15, -0.1) is 0 Å². The third kappa shape index (κ3) is 2.58. The summed E-state index contributed by atoms with van der Waals surface area (Å²) in [4.78, 5) is 4.09. The minimum atomic E-state index is 0.565. The Morgan fingerprint density at radius 3 is 2.89 bits per heavy atom. The zero-order valence-corrected chi connectivity index (χ0v) is 10.1. The van der Waals surface area contributed by atoms with E-state index in [9.17, 15) is 0 Å². The number of hydrogen-bond donors (Lipinski definition) is 2. The molecule has 4 heteroatoms. The molecule has 2 rings (SSSR count). The van der Waals surface area contributed by atoms with Crippen molar-refractivity contribution >= 4 is 11.4 Å². The van der Waals surface area contributed by atoms with Gasteiger partial charge in [0.25, 0.3) is 0 Å². The summed E-state index contributed by atoms with van der Waals surface area (Å²) >= 11 is 0. The Hall–Kier alpha value is -2.54. The summed E-state index contributed by atoms with van der Waals surface area (Å²) in [7, 11) is 0. The lowest BCUT2D eigenvalue weighted by atomic mass is 10.1. The second-order valence-corrected chi connectivity index (χ2v) is 4.07. The average Bonchev–Trinajstić information content (AvgIpc) is 2.39. The Labute approximate surface area is 106 Å². The summed E-state index contributed by atoms with van der Waals surface area (Å²) in [6.07, 6.45) is 3.61. The number of aryl methyl sites for hydroxylation is 1. The highest BCUT2D eigenvalue weighted by Gasteiger charge is 2.02. The lowest BCUT2D eigenvalue weighted by Gasteiger charge is -2.10. The number of aromatic nitrogens is 1. The van der Waals surface area contributed by atoms with Crippen LogP contribution in [0.5, 0.6) is 0 Å². The Bertz CT molecular complexity index is 599. The van der Waals surface area contributed by atoms with Crippen LogP contribution in [0.3, 0.4) is 0 Å². The first-order chi connectivity index (χ1) is 8.70. The second kappa shape index (κ2) is 5.19. The highest BCUT2D eigenvalue weighted by atomic mass is 14.9. The number of hydrogen-bond acceptors (Lipinski definition) is 4. The summed E-state index contributed by atoms with van der Waals surface area (Å²) in [6, 6.07) is 9.26. The van der Waals surface area contributed by atoms with Gasteiger partial charge in [0, 0.05) is 18.9 Å². The van der Waals surface area contributed by atoms with Crippen LogP contribution in [0, 0.1) is 18.3 Å². The normalized spacial score (nSPS) is 9.78. The van der Waals surface area contributed by atoms with Crippen molar-refractivity contribution in [3.05, 3.63) is 53.3 Å². The van der Waals surface area contributed by atoms with Crippen LogP contribution in [-0.2, 0) is 6.54 Å². The number of nitrogens with zero attached hydrogens (tertiary/aromatic N) is 2. The number of nitrogen functional groups attached to an aromatic ring is 1. The van der Waals surface area contributed by atoms with Crippen LogP contribution in [0.4, 0.5) is 11.4 Å². The molecule has 0 saturated heterocycles. The molecular formula is C14H14N4.